The molecule has 0 aliphatic heterocycles. The van der Waals surface area contributed by atoms with Crippen LogP contribution in [0.15, 0.2) is 65.6 Å². The monoisotopic (exact) mass is 428 g/mol. The van der Waals surface area contributed by atoms with Crippen LogP contribution >= 0.6 is 11.6 Å². The molecule has 0 aromatic heterocycles. The number of halogens is 1. The first kappa shape index (κ1) is 20.9. The third-order valence-electron chi connectivity index (χ3n) is 4.52. The zero-order chi connectivity index (χ0) is 21.2. The fraction of sp³-hybridized carbons (Fsp3) is 0.136. The predicted octanol–water partition coefficient (Wildman–Crippen LogP) is 5.32. The molecule has 1 amide bonds. The molecule has 150 valence electrons. The maximum Gasteiger partial charge on any atom is 0.261 e. The van der Waals surface area contributed by atoms with Gasteiger partial charge < -0.3 is 5.32 Å². The van der Waals surface area contributed by atoms with Crippen molar-refractivity contribution in [3.8, 4) is 0 Å². The second-order valence-corrected chi connectivity index (χ2v) is 8.92. The van der Waals surface area contributed by atoms with E-state index in [1.165, 1.54) is 30.3 Å². The Hall–Kier alpha value is -2.83. The summed E-state index contributed by atoms with van der Waals surface area (Å²) in [6, 6.07) is 16.7. The predicted molar refractivity (Wildman–Crippen MR) is 117 cm³/mol. The van der Waals surface area contributed by atoms with Crippen LogP contribution in [0.2, 0.25) is 5.02 Å². The van der Waals surface area contributed by atoms with Gasteiger partial charge in [0.05, 0.1) is 21.2 Å². The van der Waals surface area contributed by atoms with E-state index in [1.54, 1.807) is 12.1 Å². The van der Waals surface area contributed by atoms with Gasteiger partial charge in [-0.15, -0.1) is 0 Å². The van der Waals surface area contributed by atoms with Crippen molar-refractivity contribution in [2.45, 2.75) is 25.7 Å². The van der Waals surface area contributed by atoms with Crippen molar-refractivity contribution in [2.75, 3.05) is 10.0 Å². The van der Waals surface area contributed by atoms with Gasteiger partial charge in [-0.2, -0.15) is 0 Å². The highest BCUT2D eigenvalue weighted by atomic mass is 35.5. The highest BCUT2D eigenvalue weighted by Crippen LogP contribution is 2.26. The Bertz CT molecular complexity index is 1150. The number of sulfonamides is 1. The lowest BCUT2D eigenvalue weighted by Gasteiger charge is -2.13. The van der Waals surface area contributed by atoms with Crippen molar-refractivity contribution in [1.82, 2.24) is 0 Å². The number of anilines is 2. The third kappa shape index (κ3) is 4.78. The number of para-hydroxylation sites is 1. The molecule has 2 N–H and O–H groups in total. The second-order valence-electron chi connectivity index (χ2n) is 6.83. The van der Waals surface area contributed by atoms with Crippen LogP contribution in [0.4, 0.5) is 11.4 Å². The third-order valence-corrected chi connectivity index (χ3v) is 6.23. The van der Waals surface area contributed by atoms with Crippen LogP contribution in [0, 0.1) is 20.8 Å². The van der Waals surface area contributed by atoms with E-state index in [2.05, 4.69) is 10.0 Å². The average molecular weight is 429 g/mol. The molecule has 0 saturated heterocycles. The molecule has 0 unspecified atom stereocenters. The number of nitrogens with one attached hydrogen (secondary N) is 2. The average Bonchev–Trinajstić information content (AvgIpc) is 2.65. The van der Waals surface area contributed by atoms with E-state index in [-0.39, 0.29) is 27.1 Å². The van der Waals surface area contributed by atoms with Crippen LogP contribution in [0.5, 0.6) is 0 Å². The summed E-state index contributed by atoms with van der Waals surface area (Å²) < 4.78 is 27.5. The largest absolute Gasteiger partial charge is 0.321 e. The minimum Gasteiger partial charge on any atom is -0.321 e. The number of carbonyl (C=O) groups excluding carboxylic acids is 1. The summed E-state index contributed by atoms with van der Waals surface area (Å²) in [5, 5.41) is 3.02. The summed E-state index contributed by atoms with van der Waals surface area (Å²) >= 11 is 6.27. The lowest BCUT2D eigenvalue weighted by molar-refractivity contribution is 0.102. The summed E-state index contributed by atoms with van der Waals surface area (Å²) in [5.41, 5.74) is 4.12. The van der Waals surface area contributed by atoms with Gasteiger partial charge in [-0.1, -0.05) is 47.5 Å². The normalized spacial score (nSPS) is 11.2. The van der Waals surface area contributed by atoms with Gasteiger partial charge in [0.1, 0.15) is 0 Å². The number of rotatable bonds is 5. The van der Waals surface area contributed by atoms with Crippen molar-refractivity contribution in [3.63, 3.8) is 0 Å². The fourth-order valence-electron chi connectivity index (χ4n) is 2.89. The molecule has 0 spiro atoms. The standard InChI is InChI=1S/C22H21ClN2O3S/c1-14-7-10-18(11-8-14)29(27,28)25-17-9-12-19(20(23)13-17)22(26)24-21-15(2)5-4-6-16(21)3/h4-13,25H,1-3H3,(H,24,26). The SMILES string of the molecule is Cc1ccc(S(=O)(=O)Nc2ccc(C(=O)Nc3c(C)cccc3C)c(Cl)c2)cc1. The fourth-order valence-corrected chi connectivity index (χ4v) is 4.20. The van der Waals surface area contributed by atoms with Crippen molar-refractivity contribution < 1.29 is 13.2 Å². The molecule has 29 heavy (non-hydrogen) atoms. The van der Waals surface area contributed by atoms with Crippen molar-refractivity contribution in [2.24, 2.45) is 0 Å². The molecule has 0 heterocycles. The number of hydrogen-bond acceptors (Lipinski definition) is 3. The Morgan fingerprint density at radius 2 is 1.52 bits per heavy atom. The molecule has 3 aromatic rings. The molecule has 0 atom stereocenters. The first-order valence-electron chi connectivity index (χ1n) is 8.94. The number of carbonyl (C=O) groups is 1. The molecule has 0 aliphatic rings. The highest BCUT2D eigenvalue weighted by molar-refractivity contribution is 7.92. The summed E-state index contributed by atoms with van der Waals surface area (Å²) in [6.07, 6.45) is 0. The summed E-state index contributed by atoms with van der Waals surface area (Å²) in [7, 11) is -3.75. The number of amides is 1. The van der Waals surface area contributed by atoms with Crippen LogP contribution < -0.4 is 10.0 Å². The minimum absolute atomic E-state index is 0.149. The first-order chi connectivity index (χ1) is 13.7. The zero-order valence-electron chi connectivity index (χ0n) is 16.3. The van der Waals surface area contributed by atoms with Gasteiger partial charge in [-0.25, -0.2) is 8.42 Å². The maximum absolute atomic E-state index is 12.7. The number of aryl methyl sites for hydroxylation is 3. The van der Waals surface area contributed by atoms with E-state index in [0.717, 1.165) is 22.4 Å². The van der Waals surface area contributed by atoms with E-state index in [1.807, 2.05) is 39.0 Å². The van der Waals surface area contributed by atoms with Crippen LogP contribution in [-0.4, -0.2) is 14.3 Å². The summed E-state index contributed by atoms with van der Waals surface area (Å²) in [6.45, 7) is 5.70. The molecule has 0 bridgehead atoms. The molecule has 0 fully saturated rings. The molecular formula is C22H21ClN2O3S. The van der Waals surface area contributed by atoms with E-state index in [0.29, 0.717) is 0 Å². The Morgan fingerprint density at radius 1 is 0.897 bits per heavy atom. The quantitative estimate of drug-likeness (QED) is 0.577. The molecular weight excluding hydrogens is 408 g/mol. The van der Waals surface area contributed by atoms with E-state index in [9.17, 15) is 13.2 Å². The summed E-state index contributed by atoms with van der Waals surface area (Å²) in [4.78, 5) is 12.8. The zero-order valence-corrected chi connectivity index (χ0v) is 17.9. The van der Waals surface area contributed by atoms with Crippen molar-refractivity contribution >= 4 is 38.9 Å². The van der Waals surface area contributed by atoms with E-state index >= 15 is 0 Å². The second kappa shape index (κ2) is 8.27. The van der Waals surface area contributed by atoms with Crippen LogP contribution in [0.1, 0.15) is 27.0 Å². The highest BCUT2D eigenvalue weighted by Gasteiger charge is 2.17. The molecule has 7 heteroatoms. The Balaban J connectivity index is 1.81. The van der Waals surface area contributed by atoms with E-state index < -0.39 is 10.0 Å². The van der Waals surface area contributed by atoms with Crippen LogP contribution in [-0.2, 0) is 10.0 Å². The topological polar surface area (TPSA) is 75.3 Å². The minimum atomic E-state index is -3.75. The Morgan fingerprint density at radius 3 is 2.10 bits per heavy atom. The van der Waals surface area contributed by atoms with Crippen LogP contribution in [0.25, 0.3) is 0 Å². The Kier molecular flexibility index (Phi) is 5.96. The molecule has 5 nitrogen and oxygen atoms in total. The molecule has 0 radical (unpaired) electrons. The van der Waals surface area contributed by atoms with Crippen molar-refractivity contribution in [3.05, 3.63) is 87.9 Å². The number of benzene rings is 3. The van der Waals surface area contributed by atoms with Gasteiger partial charge >= 0.3 is 0 Å². The molecule has 3 rings (SSSR count). The first-order valence-corrected chi connectivity index (χ1v) is 10.8. The van der Waals surface area contributed by atoms with Gasteiger partial charge in [0, 0.05) is 5.69 Å². The summed E-state index contributed by atoms with van der Waals surface area (Å²) in [5.74, 6) is -0.361. The van der Waals surface area contributed by atoms with Gasteiger partial charge in [-0.05, 0) is 62.2 Å². The smallest absolute Gasteiger partial charge is 0.261 e. The van der Waals surface area contributed by atoms with Gasteiger partial charge in [0.25, 0.3) is 15.9 Å². The Labute approximate surface area is 175 Å². The lowest BCUT2D eigenvalue weighted by Crippen LogP contribution is -2.15. The number of hydrogen-bond donors (Lipinski definition) is 2. The molecule has 0 aliphatic carbocycles. The van der Waals surface area contributed by atoms with Crippen molar-refractivity contribution in [1.29, 1.82) is 0 Å². The lowest BCUT2D eigenvalue weighted by atomic mass is 10.1. The van der Waals surface area contributed by atoms with Gasteiger partial charge in [0.15, 0.2) is 0 Å². The molecule has 0 saturated carbocycles. The van der Waals surface area contributed by atoms with E-state index in [4.69, 9.17) is 11.6 Å². The van der Waals surface area contributed by atoms with Gasteiger partial charge in [-0.3, -0.25) is 9.52 Å². The van der Waals surface area contributed by atoms with Gasteiger partial charge in [0.2, 0.25) is 0 Å². The maximum atomic E-state index is 12.7. The molecule has 3 aromatic carbocycles. The van der Waals surface area contributed by atoms with Crippen LogP contribution in [0.3, 0.4) is 0 Å².